The Morgan fingerprint density at radius 3 is 2.71 bits per heavy atom. The topological polar surface area (TPSA) is 29.5 Å². The number of hydrogen-bond donors (Lipinski definition) is 1. The van der Waals surface area contributed by atoms with Crippen molar-refractivity contribution in [2.45, 2.75) is 22.7 Å². The first-order chi connectivity index (χ1) is 6.74. The molecular formula is C10H14O2S2. The van der Waals surface area contributed by atoms with Gasteiger partial charge in [-0.1, -0.05) is 0 Å². The third kappa shape index (κ3) is 1.98. The SMILES string of the molecule is CSc1ccc(C2(O)CCOCC2)s1. The first-order valence-electron chi connectivity index (χ1n) is 4.69. The summed E-state index contributed by atoms with van der Waals surface area (Å²) < 4.78 is 6.52. The van der Waals surface area contributed by atoms with E-state index in [4.69, 9.17) is 4.74 Å². The summed E-state index contributed by atoms with van der Waals surface area (Å²) >= 11 is 3.42. The molecule has 0 radical (unpaired) electrons. The summed E-state index contributed by atoms with van der Waals surface area (Å²) in [6.07, 6.45) is 3.51. The van der Waals surface area contributed by atoms with Crippen LogP contribution in [0.3, 0.4) is 0 Å². The van der Waals surface area contributed by atoms with Gasteiger partial charge in [-0.2, -0.15) is 0 Å². The predicted octanol–water partition coefficient (Wildman–Crippen LogP) is 2.47. The Hall–Kier alpha value is -0.0300. The van der Waals surface area contributed by atoms with Crippen LogP contribution in [0.4, 0.5) is 0 Å². The summed E-state index contributed by atoms with van der Waals surface area (Å²) in [6.45, 7) is 1.34. The first kappa shape index (κ1) is 10.5. The number of hydrogen-bond acceptors (Lipinski definition) is 4. The quantitative estimate of drug-likeness (QED) is 0.791. The molecule has 14 heavy (non-hydrogen) atoms. The van der Waals surface area contributed by atoms with Crippen LogP contribution in [0.5, 0.6) is 0 Å². The van der Waals surface area contributed by atoms with Crippen molar-refractivity contribution in [2.75, 3.05) is 19.5 Å². The Morgan fingerprint density at radius 2 is 2.14 bits per heavy atom. The Bertz CT molecular complexity index is 303. The van der Waals surface area contributed by atoms with Crippen molar-refractivity contribution in [3.05, 3.63) is 17.0 Å². The van der Waals surface area contributed by atoms with Crippen LogP contribution in [0.25, 0.3) is 0 Å². The minimum absolute atomic E-state index is 0.628. The smallest absolute Gasteiger partial charge is 0.103 e. The lowest BCUT2D eigenvalue weighted by Crippen LogP contribution is -2.32. The lowest BCUT2D eigenvalue weighted by Gasteiger charge is -2.30. The van der Waals surface area contributed by atoms with Crippen LogP contribution in [0.2, 0.25) is 0 Å². The summed E-state index contributed by atoms with van der Waals surface area (Å²) in [5, 5.41) is 10.4. The second-order valence-corrected chi connectivity index (χ2v) is 5.66. The van der Waals surface area contributed by atoms with Crippen molar-refractivity contribution in [3.8, 4) is 0 Å². The summed E-state index contributed by atoms with van der Waals surface area (Å²) in [5.74, 6) is 0. The predicted molar refractivity (Wildman–Crippen MR) is 60.0 cm³/mol. The molecule has 0 aromatic carbocycles. The van der Waals surface area contributed by atoms with E-state index in [0.29, 0.717) is 13.2 Å². The molecule has 0 saturated carbocycles. The molecule has 0 bridgehead atoms. The zero-order valence-corrected chi connectivity index (χ0v) is 9.79. The molecule has 2 rings (SSSR count). The molecule has 78 valence electrons. The lowest BCUT2D eigenvalue weighted by atomic mass is 9.93. The van der Waals surface area contributed by atoms with Gasteiger partial charge in [0.25, 0.3) is 0 Å². The minimum Gasteiger partial charge on any atom is -0.384 e. The molecule has 1 aromatic rings. The summed E-state index contributed by atoms with van der Waals surface area (Å²) in [6, 6.07) is 4.12. The van der Waals surface area contributed by atoms with E-state index in [1.165, 1.54) is 4.21 Å². The van der Waals surface area contributed by atoms with Crippen LogP contribution in [0, 0.1) is 0 Å². The summed E-state index contributed by atoms with van der Waals surface area (Å²) in [5.41, 5.74) is -0.628. The average molecular weight is 230 g/mol. The Morgan fingerprint density at radius 1 is 1.43 bits per heavy atom. The average Bonchev–Trinajstić information content (AvgIpc) is 2.67. The van der Waals surface area contributed by atoms with E-state index in [2.05, 4.69) is 12.3 Å². The highest BCUT2D eigenvalue weighted by Crippen LogP contribution is 2.38. The van der Waals surface area contributed by atoms with Gasteiger partial charge in [-0.25, -0.2) is 0 Å². The van der Waals surface area contributed by atoms with Gasteiger partial charge < -0.3 is 9.84 Å². The van der Waals surface area contributed by atoms with Crippen LogP contribution in [0.15, 0.2) is 16.3 Å². The van der Waals surface area contributed by atoms with Crippen molar-refractivity contribution in [1.29, 1.82) is 0 Å². The maximum atomic E-state index is 10.4. The largest absolute Gasteiger partial charge is 0.384 e. The van der Waals surface area contributed by atoms with E-state index >= 15 is 0 Å². The highest BCUT2D eigenvalue weighted by molar-refractivity contribution is 8.00. The molecule has 1 fully saturated rings. The van der Waals surface area contributed by atoms with Crippen molar-refractivity contribution < 1.29 is 9.84 Å². The number of thiophene rings is 1. The molecule has 0 aliphatic carbocycles. The van der Waals surface area contributed by atoms with Gasteiger partial charge in [0, 0.05) is 30.9 Å². The van der Waals surface area contributed by atoms with E-state index in [9.17, 15) is 5.11 Å². The second-order valence-electron chi connectivity index (χ2n) is 3.47. The highest BCUT2D eigenvalue weighted by Gasteiger charge is 2.33. The fraction of sp³-hybridized carbons (Fsp3) is 0.600. The fourth-order valence-electron chi connectivity index (χ4n) is 1.64. The van der Waals surface area contributed by atoms with Gasteiger partial charge in [0.05, 0.1) is 4.21 Å². The van der Waals surface area contributed by atoms with E-state index in [1.54, 1.807) is 23.1 Å². The number of thioether (sulfide) groups is 1. The molecule has 0 spiro atoms. The molecule has 1 N–H and O–H groups in total. The maximum Gasteiger partial charge on any atom is 0.103 e. The molecule has 0 atom stereocenters. The molecule has 0 unspecified atom stereocenters. The highest BCUT2D eigenvalue weighted by atomic mass is 32.2. The monoisotopic (exact) mass is 230 g/mol. The van der Waals surface area contributed by atoms with E-state index in [0.717, 1.165) is 17.7 Å². The molecule has 4 heteroatoms. The number of aliphatic hydroxyl groups is 1. The van der Waals surface area contributed by atoms with E-state index in [-0.39, 0.29) is 0 Å². The second kappa shape index (κ2) is 4.23. The molecule has 1 aliphatic rings. The molecule has 1 aliphatic heterocycles. The Kier molecular flexibility index (Phi) is 3.17. The van der Waals surface area contributed by atoms with Crippen LogP contribution in [-0.2, 0) is 10.3 Å². The maximum absolute atomic E-state index is 10.4. The summed E-state index contributed by atoms with van der Waals surface area (Å²) in [7, 11) is 0. The van der Waals surface area contributed by atoms with Gasteiger partial charge >= 0.3 is 0 Å². The molecule has 2 nitrogen and oxygen atoms in total. The van der Waals surface area contributed by atoms with Crippen molar-refractivity contribution in [3.63, 3.8) is 0 Å². The molecule has 0 amide bonds. The lowest BCUT2D eigenvalue weighted by molar-refractivity contribution is -0.0656. The Balaban J connectivity index is 2.19. The minimum atomic E-state index is -0.628. The van der Waals surface area contributed by atoms with Crippen LogP contribution >= 0.6 is 23.1 Å². The van der Waals surface area contributed by atoms with Gasteiger partial charge in [0.1, 0.15) is 5.60 Å². The molecular weight excluding hydrogens is 216 g/mol. The van der Waals surface area contributed by atoms with Crippen molar-refractivity contribution in [2.24, 2.45) is 0 Å². The number of rotatable bonds is 2. The fourth-order valence-corrected chi connectivity index (χ4v) is 3.33. The zero-order valence-electron chi connectivity index (χ0n) is 8.16. The Labute approximate surface area is 92.3 Å². The zero-order chi connectivity index (χ0) is 10.0. The molecule has 1 saturated heterocycles. The van der Waals surface area contributed by atoms with Crippen LogP contribution in [0.1, 0.15) is 17.7 Å². The van der Waals surface area contributed by atoms with Gasteiger partial charge in [0.15, 0.2) is 0 Å². The van der Waals surface area contributed by atoms with Gasteiger partial charge in [-0.3, -0.25) is 0 Å². The van der Waals surface area contributed by atoms with E-state index in [1.807, 2.05) is 6.07 Å². The van der Waals surface area contributed by atoms with Crippen molar-refractivity contribution in [1.82, 2.24) is 0 Å². The van der Waals surface area contributed by atoms with Crippen molar-refractivity contribution >= 4 is 23.1 Å². The van der Waals surface area contributed by atoms with Crippen LogP contribution in [-0.4, -0.2) is 24.6 Å². The third-order valence-electron chi connectivity index (χ3n) is 2.56. The third-order valence-corrected chi connectivity index (χ3v) is 4.92. The standard InChI is InChI=1S/C10H14O2S2/c1-13-9-3-2-8(14-9)10(11)4-6-12-7-5-10/h2-3,11H,4-7H2,1H3. The van der Waals surface area contributed by atoms with Gasteiger partial charge in [-0.15, -0.1) is 23.1 Å². The number of ether oxygens (including phenoxy) is 1. The summed E-state index contributed by atoms with van der Waals surface area (Å²) in [4.78, 5) is 1.09. The first-order valence-corrected chi connectivity index (χ1v) is 6.73. The molecule has 1 aromatic heterocycles. The van der Waals surface area contributed by atoms with Gasteiger partial charge in [-0.05, 0) is 18.4 Å². The molecule has 2 heterocycles. The van der Waals surface area contributed by atoms with Crippen LogP contribution < -0.4 is 0 Å². The van der Waals surface area contributed by atoms with E-state index < -0.39 is 5.60 Å². The normalized spacial score (nSPS) is 21.0. The van der Waals surface area contributed by atoms with Gasteiger partial charge in [0.2, 0.25) is 0 Å².